The summed E-state index contributed by atoms with van der Waals surface area (Å²) < 4.78 is 0. The number of fused-ring (bicyclic) bond motifs is 2. The lowest BCUT2D eigenvalue weighted by atomic mass is 9.81. The van der Waals surface area contributed by atoms with Crippen LogP contribution < -0.4 is 0 Å². The lowest BCUT2D eigenvalue weighted by Gasteiger charge is -2.30. The summed E-state index contributed by atoms with van der Waals surface area (Å²) in [5.41, 5.74) is 9.08. The van der Waals surface area contributed by atoms with Crippen LogP contribution in [0.5, 0.6) is 0 Å². The number of nitrogens with zero attached hydrogens (tertiary/aromatic N) is 2. The Morgan fingerprint density at radius 2 is 1.76 bits per heavy atom. The van der Waals surface area contributed by atoms with Gasteiger partial charge in [-0.15, -0.1) is 0 Å². The van der Waals surface area contributed by atoms with Crippen LogP contribution in [0.15, 0.2) is 66.4 Å². The SMILES string of the molecule is CC(C)(C(=O)O)c1ccccc1CCCN1CCC(=C2c3ccc(Cl)cc3CCc3cccnc32)CC1. The third-order valence-corrected chi connectivity index (χ3v) is 8.32. The van der Waals surface area contributed by atoms with Crippen molar-refractivity contribution in [2.24, 2.45) is 0 Å². The predicted molar refractivity (Wildman–Crippen MR) is 150 cm³/mol. The van der Waals surface area contributed by atoms with E-state index in [0.717, 1.165) is 80.0 Å². The van der Waals surface area contributed by atoms with Crippen molar-refractivity contribution in [1.29, 1.82) is 0 Å². The van der Waals surface area contributed by atoms with Crippen LogP contribution in [-0.2, 0) is 29.5 Å². The minimum absolute atomic E-state index is 0.782. The number of aliphatic carboxylic acids is 1. The summed E-state index contributed by atoms with van der Waals surface area (Å²) in [5, 5.41) is 10.5. The number of aryl methyl sites for hydroxylation is 3. The van der Waals surface area contributed by atoms with Crippen LogP contribution in [0.2, 0.25) is 5.02 Å². The molecule has 0 saturated carbocycles. The molecule has 37 heavy (non-hydrogen) atoms. The number of piperidine rings is 1. The van der Waals surface area contributed by atoms with E-state index in [2.05, 4.69) is 29.2 Å². The van der Waals surface area contributed by atoms with E-state index in [-0.39, 0.29) is 0 Å². The van der Waals surface area contributed by atoms with Gasteiger partial charge in [-0.25, -0.2) is 0 Å². The molecule has 1 aromatic heterocycles. The molecule has 0 radical (unpaired) electrons. The number of pyridine rings is 1. The van der Waals surface area contributed by atoms with Gasteiger partial charge in [0, 0.05) is 29.9 Å². The van der Waals surface area contributed by atoms with Crippen molar-refractivity contribution in [3.05, 3.63) is 105 Å². The third kappa shape index (κ3) is 5.37. The summed E-state index contributed by atoms with van der Waals surface area (Å²) >= 11 is 6.37. The van der Waals surface area contributed by atoms with E-state index in [1.54, 1.807) is 13.8 Å². The van der Waals surface area contributed by atoms with Gasteiger partial charge >= 0.3 is 5.97 Å². The maximum absolute atomic E-state index is 11.8. The van der Waals surface area contributed by atoms with Crippen LogP contribution in [-0.4, -0.2) is 40.6 Å². The number of carboxylic acids is 1. The number of carboxylic acid groups (broad SMARTS) is 1. The molecule has 1 aliphatic heterocycles. The number of halogens is 1. The number of hydrogen-bond acceptors (Lipinski definition) is 3. The fraction of sp³-hybridized carbons (Fsp3) is 0.375. The Kier molecular flexibility index (Phi) is 7.50. The van der Waals surface area contributed by atoms with Gasteiger partial charge < -0.3 is 10.0 Å². The molecule has 1 fully saturated rings. The number of carbonyl (C=O) groups is 1. The molecule has 5 rings (SSSR count). The average molecular weight is 515 g/mol. The number of hydrogen-bond donors (Lipinski definition) is 1. The van der Waals surface area contributed by atoms with Crippen LogP contribution in [0.3, 0.4) is 0 Å². The van der Waals surface area contributed by atoms with Gasteiger partial charge in [0.2, 0.25) is 0 Å². The summed E-state index contributed by atoms with van der Waals surface area (Å²) in [5.74, 6) is -0.782. The summed E-state index contributed by atoms with van der Waals surface area (Å²) in [7, 11) is 0. The molecule has 2 heterocycles. The molecule has 0 unspecified atom stereocenters. The van der Waals surface area contributed by atoms with Crippen molar-refractivity contribution in [2.75, 3.05) is 19.6 Å². The minimum Gasteiger partial charge on any atom is -0.481 e. The molecule has 0 amide bonds. The van der Waals surface area contributed by atoms with Gasteiger partial charge in [-0.05, 0) is 105 Å². The second-order valence-electron chi connectivity index (χ2n) is 10.8. The van der Waals surface area contributed by atoms with Gasteiger partial charge in [-0.1, -0.05) is 53.6 Å². The van der Waals surface area contributed by atoms with Crippen molar-refractivity contribution >= 4 is 23.1 Å². The van der Waals surface area contributed by atoms with Gasteiger partial charge in [-0.2, -0.15) is 0 Å². The zero-order chi connectivity index (χ0) is 26.0. The number of aromatic nitrogens is 1. The summed E-state index contributed by atoms with van der Waals surface area (Å²) in [6.45, 7) is 6.67. The van der Waals surface area contributed by atoms with E-state index in [1.807, 2.05) is 36.5 Å². The average Bonchev–Trinajstić information content (AvgIpc) is 3.06. The van der Waals surface area contributed by atoms with Gasteiger partial charge in [-0.3, -0.25) is 9.78 Å². The lowest BCUT2D eigenvalue weighted by molar-refractivity contribution is -0.142. The fourth-order valence-electron chi connectivity index (χ4n) is 5.89. The van der Waals surface area contributed by atoms with Gasteiger partial charge in [0.05, 0.1) is 11.1 Å². The highest BCUT2D eigenvalue weighted by molar-refractivity contribution is 6.30. The van der Waals surface area contributed by atoms with Crippen molar-refractivity contribution in [1.82, 2.24) is 9.88 Å². The van der Waals surface area contributed by atoms with Crippen molar-refractivity contribution in [3.63, 3.8) is 0 Å². The Labute approximate surface area is 225 Å². The van der Waals surface area contributed by atoms with Crippen molar-refractivity contribution in [3.8, 4) is 0 Å². The highest BCUT2D eigenvalue weighted by atomic mass is 35.5. The fourth-order valence-corrected chi connectivity index (χ4v) is 6.08. The third-order valence-electron chi connectivity index (χ3n) is 8.09. The first-order valence-corrected chi connectivity index (χ1v) is 13.7. The van der Waals surface area contributed by atoms with Gasteiger partial charge in [0.1, 0.15) is 0 Å². The van der Waals surface area contributed by atoms with Crippen molar-refractivity contribution in [2.45, 2.75) is 57.8 Å². The molecule has 1 saturated heterocycles. The highest BCUT2D eigenvalue weighted by Gasteiger charge is 2.31. The predicted octanol–water partition coefficient (Wildman–Crippen LogP) is 6.73. The molecule has 2 aliphatic rings. The van der Waals surface area contributed by atoms with E-state index in [1.165, 1.54) is 27.8 Å². The van der Waals surface area contributed by atoms with Crippen LogP contribution in [0, 0.1) is 0 Å². The topological polar surface area (TPSA) is 53.4 Å². The summed E-state index contributed by atoms with van der Waals surface area (Å²) in [6.07, 6.45) is 7.87. The summed E-state index contributed by atoms with van der Waals surface area (Å²) in [4.78, 5) is 19.2. The first kappa shape index (κ1) is 25.7. The largest absolute Gasteiger partial charge is 0.481 e. The minimum atomic E-state index is -0.883. The molecular formula is C32H35ClN2O2. The Balaban J connectivity index is 1.30. The van der Waals surface area contributed by atoms with E-state index in [4.69, 9.17) is 16.6 Å². The first-order valence-electron chi connectivity index (χ1n) is 13.3. The van der Waals surface area contributed by atoms with E-state index in [0.29, 0.717) is 0 Å². The molecular weight excluding hydrogens is 480 g/mol. The molecule has 2 aromatic carbocycles. The maximum Gasteiger partial charge on any atom is 0.313 e. The first-order chi connectivity index (χ1) is 17.8. The normalized spacial score (nSPS) is 16.2. The van der Waals surface area contributed by atoms with Crippen molar-refractivity contribution < 1.29 is 9.90 Å². The molecule has 5 heteroatoms. The summed E-state index contributed by atoms with van der Waals surface area (Å²) in [6, 6.07) is 18.6. The van der Waals surface area contributed by atoms with Crippen LogP contribution in [0.4, 0.5) is 0 Å². The van der Waals surface area contributed by atoms with Gasteiger partial charge in [0.15, 0.2) is 0 Å². The Bertz CT molecular complexity index is 1330. The standard InChI is InChI=1S/C32H35ClN2O2/c1-32(2,31(36)37)28-10-4-3-7-22(28)9-6-18-35-19-15-23(16-20-35)29-27-14-13-26(33)21-25(27)12-11-24-8-5-17-34-30(24)29/h3-5,7-8,10,13-14,17,21H,6,9,11-12,15-16,18-20H2,1-2H3,(H,36,37). The Morgan fingerprint density at radius 3 is 2.54 bits per heavy atom. The molecule has 0 spiro atoms. The highest BCUT2D eigenvalue weighted by Crippen LogP contribution is 2.38. The quantitative estimate of drug-likeness (QED) is 0.396. The lowest BCUT2D eigenvalue weighted by Crippen LogP contribution is -2.32. The van der Waals surface area contributed by atoms with E-state index < -0.39 is 11.4 Å². The zero-order valence-corrected chi connectivity index (χ0v) is 22.5. The van der Waals surface area contributed by atoms with Crippen LogP contribution in [0.1, 0.15) is 66.6 Å². The number of rotatable bonds is 6. The second-order valence-corrected chi connectivity index (χ2v) is 11.3. The zero-order valence-electron chi connectivity index (χ0n) is 21.8. The molecule has 1 N–H and O–H groups in total. The smallest absolute Gasteiger partial charge is 0.313 e. The van der Waals surface area contributed by atoms with E-state index in [9.17, 15) is 9.90 Å². The second kappa shape index (κ2) is 10.8. The molecule has 0 bridgehead atoms. The van der Waals surface area contributed by atoms with E-state index >= 15 is 0 Å². The molecule has 0 atom stereocenters. The number of benzene rings is 2. The molecule has 3 aromatic rings. The molecule has 4 nitrogen and oxygen atoms in total. The van der Waals surface area contributed by atoms with Crippen LogP contribution >= 0.6 is 11.6 Å². The maximum atomic E-state index is 11.8. The molecule has 1 aliphatic carbocycles. The van der Waals surface area contributed by atoms with Gasteiger partial charge in [0.25, 0.3) is 0 Å². The molecule has 192 valence electrons. The monoisotopic (exact) mass is 514 g/mol. The van der Waals surface area contributed by atoms with Crippen LogP contribution in [0.25, 0.3) is 5.57 Å². The Morgan fingerprint density at radius 1 is 1.00 bits per heavy atom. The Hall–Kier alpha value is -2.95. The number of likely N-dealkylation sites (tertiary alicyclic amines) is 1.